The number of likely N-dealkylation sites (tertiary alicyclic amines) is 1. The molecule has 92 valence electrons. The zero-order valence-electron chi connectivity index (χ0n) is 10.2. The number of carbonyl (C=O) groups excluding carboxylic acids is 1. The van der Waals surface area contributed by atoms with Gasteiger partial charge in [-0.05, 0) is 44.9 Å². The lowest BCUT2D eigenvalue weighted by Gasteiger charge is -2.32. The Morgan fingerprint density at radius 2 is 2.18 bits per heavy atom. The summed E-state index contributed by atoms with van der Waals surface area (Å²) < 4.78 is 0.882. The molecule has 1 aliphatic rings. The Morgan fingerprint density at radius 1 is 1.47 bits per heavy atom. The summed E-state index contributed by atoms with van der Waals surface area (Å²) in [6.07, 6.45) is 2.11. The lowest BCUT2D eigenvalue weighted by molar-refractivity contribution is 0.0653. The van der Waals surface area contributed by atoms with E-state index < -0.39 is 0 Å². The Hall–Kier alpha value is -1.03. The fourth-order valence-corrected chi connectivity index (χ4v) is 2.70. The summed E-state index contributed by atoms with van der Waals surface area (Å²) in [7, 11) is 0. The first kappa shape index (κ1) is 12.4. The number of nitrogens with zero attached hydrogens (tertiary/aromatic N) is 1. The number of hydrogen-bond donors (Lipinski definition) is 1. The van der Waals surface area contributed by atoms with Crippen molar-refractivity contribution in [2.75, 3.05) is 12.3 Å². The zero-order valence-corrected chi connectivity index (χ0v) is 11.8. The van der Waals surface area contributed by atoms with Gasteiger partial charge in [-0.2, -0.15) is 0 Å². The van der Waals surface area contributed by atoms with Crippen LogP contribution in [0.1, 0.15) is 37.0 Å². The summed E-state index contributed by atoms with van der Waals surface area (Å²) in [6, 6.07) is 5.41. The monoisotopic (exact) mass is 296 g/mol. The van der Waals surface area contributed by atoms with E-state index in [1.165, 1.54) is 0 Å². The number of hydrogen-bond acceptors (Lipinski definition) is 2. The van der Waals surface area contributed by atoms with Gasteiger partial charge in [0.05, 0.1) is 5.56 Å². The van der Waals surface area contributed by atoms with Crippen LogP contribution in [0.4, 0.5) is 5.69 Å². The van der Waals surface area contributed by atoms with Crippen LogP contribution in [0.15, 0.2) is 22.7 Å². The molecule has 1 aromatic rings. The molecule has 1 fully saturated rings. The molecule has 2 rings (SSSR count). The van der Waals surface area contributed by atoms with E-state index >= 15 is 0 Å². The molecule has 2 N–H and O–H groups in total. The highest BCUT2D eigenvalue weighted by atomic mass is 79.9. The van der Waals surface area contributed by atoms with Gasteiger partial charge in [-0.25, -0.2) is 0 Å². The van der Waals surface area contributed by atoms with E-state index in [1.54, 1.807) is 12.1 Å². The van der Waals surface area contributed by atoms with Gasteiger partial charge in [-0.15, -0.1) is 0 Å². The van der Waals surface area contributed by atoms with Crippen LogP contribution in [0.2, 0.25) is 0 Å². The second-order valence-electron chi connectivity index (χ2n) is 5.10. The molecular formula is C13H17BrN2O. The van der Waals surface area contributed by atoms with Gasteiger partial charge in [-0.3, -0.25) is 4.79 Å². The first-order valence-electron chi connectivity index (χ1n) is 5.79. The lowest BCUT2D eigenvalue weighted by atomic mass is 10.0. The summed E-state index contributed by atoms with van der Waals surface area (Å²) in [4.78, 5) is 14.4. The molecule has 0 unspecified atom stereocenters. The predicted molar refractivity (Wildman–Crippen MR) is 72.9 cm³/mol. The van der Waals surface area contributed by atoms with Crippen LogP contribution in [-0.4, -0.2) is 22.9 Å². The van der Waals surface area contributed by atoms with Gasteiger partial charge in [-0.1, -0.05) is 15.9 Å². The molecule has 0 aliphatic carbocycles. The maximum atomic E-state index is 12.5. The van der Waals surface area contributed by atoms with Crippen molar-refractivity contribution < 1.29 is 4.79 Å². The SMILES string of the molecule is CC1(C)CCCN1C(=O)c1cc(Br)ccc1N. The fourth-order valence-electron chi connectivity index (χ4n) is 2.34. The molecule has 0 spiro atoms. The molecule has 0 bridgehead atoms. The topological polar surface area (TPSA) is 46.3 Å². The zero-order chi connectivity index (χ0) is 12.6. The van der Waals surface area contributed by atoms with Crippen molar-refractivity contribution in [1.29, 1.82) is 0 Å². The number of carbonyl (C=O) groups is 1. The molecule has 1 aromatic carbocycles. The third-order valence-electron chi connectivity index (χ3n) is 3.39. The number of amides is 1. The van der Waals surface area contributed by atoms with E-state index in [4.69, 9.17) is 5.73 Å². The van der Waals surface area contributed by atoms with Gasteiger partial charge in [0.2, 0.25) is 0 Å². The molecule has 1 heterocycles. The highest BCUT2D eigenvalue weighted by Crippen LogP contribution is 2.31. The number of nitrogens with two attached hydrogens (primary N) is 1. The Balaban J connectivity index is 2.34. The number of rotatable bonds is 1. The molecule has 17 heavy (non-hydrogen) atoms. The second-order valence-corrected chi connectivity index (χ2v) is 6.02. The molecule has 3 nitrogen and oxygen atoms in total. The average Bonchev–Trinajstić information content (AvgIpc) is 2.61. The first-order valence-corrected chi connectivity index (χ1v) is 6.58. The quantitative estimate of drug-likeness (QED) is 0.810. The van der Waals surface area contributed by atoms with Crippen LogP contribution in [0, 0.1) is 0 Å². The standard InChI is InChI=1S/C13H17BrN2O/c1-13(2)6-3-7-16(13)12(17)10-8-9(14)4-5-11(10)15/h4-5,8H,3,6-7,15H2,1-2H3. The van der Waals surface area contributed by atoms with E-state index in [1.807, 2.05) is 11.0 Å². The highest BCUT2D eigenvalue weighted by molar-refractivity contribution is 9.10. The van der Waals surface area contributed by atoms with Gasteiger partial charge < -0.3 is 10.6 Å². The molecule has 0 aromatic heterocycles. The Kier molecular flexibility index (Phi) is 3.17. The first-order chi connectivity index (χ1) is 7.92. The summed E-state index contributed by atoms with van der Waals surface area (Å²) >= 11 is 3.38. The summed E-state index contributed by atoms with van der Waals surface area (Å²) in [5.74, 6) is 0.0336. The summed E-state index contributed by atoms with van der Waals surface area (Å²) in [6.45, 7) is 5.02. The van der Waals surface area contributed by atoms with Gasteiger partial charge in [0, 0.05) is 22.2 Å². The summed E-state index contributed by atoms with van der Waals surface area (Å²) in [5, 5.41) is 0. The molecule has 0 atom stereocenters. The van der Waals surface area contributed by atoms with Crippen molar-refractivity contribution >= 4 is 27.5 Å². The van der Waals surface area contributed by atoms with Gasteiger partial charge >= 0.3 is 0 Å². The van der Waals surface area contributed by atoms with Gasteiger partial charge in [0.1, 0.15) is 0 Å². The Morgan fingerprint density at radius 3 is 2.76 bits per heavy atom. The normalized spacial score (nSPS) is 18.4. The van der Waals surface area contributed by atoms with Crippen molar-refractivity contribution in [3.8, 4) is 0 Å². The highest BCUT2D eigenvalue weighted by Gasteiger charge is 2.36. The van der Waals surface area contributed by atoms with Crippen molar-refractivity contribution in [2.24, 2.45) is 0 Å². The average molecular weight is 297 g/mol. The minimum atomic E-state index is -0.0636. The van der Waals surface area contributed by atoms with Crippen LogP contribution in [0.5, 0.6) is 0 Å². The molecular weight excluding hydrogens is 280 g/mol. The Labute approximate surface area is 110 Å². The second kappa shape index (κ2) is 4.33. The van der Waals surface area contributed by atoms with E-state index in [-0.39, 0.29) is 11.4 Å². The molecule has 0 saturated carbocycles. The molecule has 0 radical (unpaired) electrons. The smallest absolute Gasteiger partial charge is 0.256 e. The van der Waals surface area contributed by atoms with E-state index in [0.29, 0.717) is 11.3 Å². The van der Waals surface area contributed by atoms with Gasteiger partial charge in [0.25, 0.3) is 5.91 Å². The van der Waals surface area contributed by atoms with Crippen LogP contribution in [-0.2, 0) is 0 Å². The number of halogens is 1. The third-order valence-corrected chi connectivity index (χ3v) is 3.89. The van der Waals surface area contributed by atoms with Crippen molar-refractivity contribution in [3.63, 3.8) is 0 Å². The van der Waals surface area contributed by atoms with Crippen LogP contribution in [0.3, 0.4) is 0 Å². The van der Waals surface area contributed by atoms with Crippen LogP contribution >= 0.6 is 15.9 Å². The summed E-state index contributed by atoms with van der Waals surface area (Å²) in [5.41, 5.74) is 6.95. The third kappa shape index (κ3) is 2.32. The lowest BCUT2D eigenvalue weighted by Crippen LogP contribution is -2.42. The van der Waals surface area contributed by atoms with Crippen molar-refractivity contribution in [2.45, 2.75) is 32.2 Å². The number of anilines is 1. The Bertz CT molecular complexity index is 457. The largest absolute Gasteiger partial charge is 0.398 e. The van der Waals surface area contributed by atoms with Crippen LogP contribution < -0.4 is 5.73 Å². The fraction of sp³-hybridized carbons (Fsp3) is 0.462. The number of nitrogen functional groups attached to an aromatic ring is 1. The molecule has 1 saturated heterocycles. The molecule has 1 amide bonds. The molecule has 1 aliphatic heterocycles. The van der Waals surface area contributed by atoms with E-state index in [2.05, 4.69) is 29.8 Å². The van der Waals surface area contributed by atoms with E-state index in [0.717, 1.165) is 23.9 Å². The maximum absolute atomic E-state index is 12.5. The molecule has 4 heteroatoms. The van der Waals surface area contributed by atoms with Crippen molar-refractivity contribution in [1.82, 2.24) is 4.90 Å². The number of benzene rings is 1. The van der Waals surface area contributed by atoms with E-state index in [9.17, 15) is 4.79 Å². The van der Waals surface area contributed by atoms with Crippen LogP contribution in [0.25, 0.3) is 0 Å². The minimum absolute atomic E-state index is 0.0336. The predicted octanol–water partition coefficient (Wildman–Crippen LogP) is 3.05. The minimum Gasteiger partial charge on any atom is -0.398 e. The van der Waals surface area contributed by atoms with Crippen molar-refractivity contribution in [3.05, 3.63) is 28.2 Å². The maximum Gasteiger partial charge on any atom is 0.256 e. The van der Waals surface area contributed by atoms with Gasteiger partial charge in [0.15, 0.2) is 0 Å².